The van der Waals surface area contributed by atoms with Gasteiger partial charge in [0.05, 0.1) is 43.1 Å². The van der Waals surface area contributed by atoms with Crippen molar-refractivity contribution in [2.45, 2.75) is 12.3 Å². The van der Waals surface area contributed by atoms with Crippen molar-refractivity contribution in [1.29, 1.82) is 5.26 Å². The van der Waals surface area contributed by atoms with E-state index in [0.717, 1.165) is 6.07 Å². The van der Waals surface area contributed by atoms with E-state index in [4.69, 9.17) is 14.7 Å². The normalized spacial score (nSPS) is 19.4. The SMILES string of the molecule is N#Cc1cc(NCC2COCCO2)ccc1C(F)(F)F. The number of nitriles is 1. The van der Waals surface area contributed by atoms with E-state index in [9.17, 15) is 13.2 Å². The Morgan fingerprint density at radius 1 is 1.35 bits per heavy atom. The number of alkyl halides is 3. The number of ether oxygens (including phenoxy) is 2. The third kappa shape index (κ3) is 3.62. The van der Waals surface area contributed by atoms with Crippen molar-refractivity contribution in [2.75, 3.05) is 31.7 Å². The molecule has 0 aromatic heterocycles. The molecule has 1 unspecified atom stereocenters. The van der Waals surface area contributed by atoms with E-state index in [0.29, 0.717) is 32.1 Å². The van der Waals surface area contributed by atoms with Gasteiger partial charge in [0.2, 0.25) is 0 Å². The van der Waals surface area contributed by atoms with Crippen LogP contribution in [0.5, 0.6) is 0 Å². The monoisotopic (exact) mass is 286 g/mol. The molecule has 20 heavy (non-hydrogen) atoms. The second kappa shape index (κ2) is 6.11. The van der Waals surface area contributed by atoms with Crippen LogP contribution in [0.15, 0.2) is 18.2 Å². The summed E-state index contributed by atoms with van der Waals surface area (Å²) in [6.45, 7) is 1.91. The highest BCUT2D eigenvalue weighted by Crippen LogP contribution is 2.32. The van der Waals surface area contributed by atoms with Gasteiger partial charge in [-0.3, -0.25) is 0 Å². The first-order valence-corrected chi connectivity index (χ1v) is 6.05. The van der Waals surface area contributed by atoms with Gasteiger partial charge in [0.1, 0.15) is 0 Å². The summed E-state index contributed by atoms with van der Waals surface area (Å²) >= 11 is 0. The molecule has 1 heterocycles. The maximum Gasteiger partial charge on any atom is 0.417 e. The van der Waals surface area contributed by atoms with Crippen molar-refractivity contribution in [3.8, 4) is 6.07 Å². The predicted octanol–water partition coefficient (Wildman–Crippen LogP) is 2.40. The van der Waals surface area contributed by atoms with Crippen LogP contribution in [0.25, 0.3) is 0 Å². The fourth-order valence-electron chi connectivity index (χ4n) is 1.88. The molecule has 0 saturated carbocycles. The van der Waals surface area contributed by atoms with Gasteiger partial charge in [-0.05, 0) is 18.2 Å². The van der Waals surface area contributed by atoms with Crippen LogP contribution in [0.1, 0.15) is 11.1 Å². The van der Waals surface area contributed by atoms with Crippen LogP contribution in [0.4, 0.5) is 18.9 Å². The minimum atomic E-state index is -4.52. The Balaban J connectivity index is 2.04. The van der Waals surface area contributed by atoms with E-state index < -0.39 is 17.3 Å². The Bertz CT molecular complexity index is 505. The van der Waals surface area contributed by atoms with E-state index in [1.165, 1.54) is 12.1 Å². The summed E-state index contributed by atoms with van der Waals surface area (Å²) in [5, 5.41) is 11.7. The lowest BCUT2D eigenvalue weighted by Crippen LogP contribution is -2.34. The minimum Gasteiger partial charge on any atom is -0.382 e. The number of nitrogens with one attached hydrogen (secondary N) is 1. The number of hydrogen-bond acceptors (Lipinski definition) is 4. The van der Waals surface area contributed by atoms with Crippen molar-refractivity contribution in [1.82, 2.24) is 0 Å². The zero-order chi connectivity index (χ0) is 14.6. The number of anilines is 1. The van der Waals surface area contributed by atoms with Gasteiger partial charge in [0.25, 0.3) is 0 Å². The van der Waals surface area contributed by atoms with Gasteiger partial charge in [-0.15, -0.1) is 0 Å². The number of nitrogens with zero attached hydrogens (tertiary/aromatic N) is 1. The average molecular weight is 286 g/mol. The van der Waals surface area contributed by atoms with Crippen LogP contribution in [-0.2, 0) is 15.7 Å². The molecule has 0 spiro atoms. The molecule has 7 heteroatoms. The van der Waals surface area contributed by atoms with Gasteiger partial charge in [0, 0.05) is 12.2 Å². The van der Waals surface area contributed by atoms with E-state index in [1.54, 1.807) is 6.07 Å². The van der Waals surface area contributed by atoms with E-state index in [2.05, 4.69) is 5.32 Å². The molecular weight excluding hydrogens is 273 g/mol. The summed E-state index contributed by atoms with van der Waals surface area (Å²) < 4.78 is 48.5. The van der Waals surface area contributed by atoms with Crippen molar-refractivity contribution in [3.63, 3.8) is 0 Å². The topological polar surface area (TPSA) is 54.3 Å². The molecule has 4 nitrogen and oxygen atoms in total. The standard InChI is InChI=1S/C13H13F3N2O2/c14-13(15,16)12-2-1-10(5-9(12)6-17)18-7-11-8-19-3-4-20-11/h1-2,5,11,18H,3-4,7-8H2. The number of hydrogen-bond donors (Lipinski definition) is 1. The van der Waals surface area contributed by atoms with Gasteiger partial charge < -0.3 is 14.8 Å². The van der Waals surface area contributed by atoms with Gasteiger partial charge in [-0.1, -0.05) is 0 Å². The number of rotatable bonds is 3. The molecule has 1 N–H and O–H groups in total. The molecule has 1 aromatic rings. The maximum atomic E-state index is 12.6. The fourth-order valence-corrected chi connectivity index (χ4v) is 1.88. The minimum absolute atomic E-state index is 0.142. The van der Waals surface area contributed by atoms with Gasteiger partial charge in [0.15, 0.2) is 0 Å². The molecule has 1 aliphatic heterocycles. The molecule has 1 saturated heterocycles. The summed E-state index contributed by atoms with van der Waals surface area (Å²) in [4.78, 5) is 0. The molecule has 108 valence electrons. The fraction of sp³-hybridized carbons (Fsp3) is 0.462. The lowest BCUT2D eigenvalue weighted by molar-refractivity contribution is -0.137. The van der Waals surface area contributed by atoms with E-state index >= 15 is 0 Å². The maximum absolute atomic E-state index is 12.6. The second-order valence-corrected chi connectivity index (χ2v) is 4.32. The molecule has 0 amide bonds. The van der Waals surface area contributed by atoms with Crippen LogP contribution in [-0.4, -0.2) is 32.5 Å². The molecule has 1 aromatic carbocycles. The summed E-state index contributed by atoms with van der Waals surface area (Å²) in [5.41, 5.74) is -0.880. The van der Waals surface area contributed by atoms with Crippen molar-refractivity contribution in [2.24, 2.45) is 0 Å². The van der Waals surface area contributed by atoms with Crippen LogP contribution in [0.3, 0.4) is 0 Å². The Kier molecular flexibility index (Phi) is 4.47. The Hall–Kier alpha value is -1.78. The molecule has 1 fully saturated rings. The smallest absolute Gasteiger partial charge is 0.382 e. The molecule has 0 bridgehead atoms. The Morgan fingerprint density at radius 3 is 2.75 bits per heavy atom. The zero-order valence-corrected chi connectivity index (χ0v) is 10.5. The summed E-state index contributed by atoms with van der Waals surface area (Å²) in [6, 6.07) is 4.95. The number of halogens is 3. The largest absolute Gasteiger partial charge is 0.417 e. The second-order valence-electron chi connectivity index (χ2n) is 4.32. The van der Waals surface area contributed by atoms with Crippen LogP contribution >= 0.6 is 0 Å². The summed E-state index contributed by atoms with van der Waals surface area (Å²) in [7, 11) is 0. The first-order valence-electron chi connectivity index (χ1n) is 6.05. The third-order valence-corrected chi connectivity index (χ3v) is 2.86. The Labute approximate surface area is 114 Å². The zero-order valence-electron chi connectivity index (χ0n) is 10.5. The molecule has 1 atom stereocenters. The Morgan fingerprint density at radius 2 is 2.15 bits per heavy atom. The van der Waals surface area contributed by atoms with Crippen molar-refractivity contribution in [3.05, 3.63) is 29.3 Å². The third-order valence-electron chi connectivity index (χ3n) is 2.86. The number of benzene rings is 1. The first-order chi connectivity index (χ1) is 9.50. The highest BCUT2D eigenvalue weighted by atomic mass is 19.4. The lowest BCUT2D eigenvalue weighted by atomic mass is 10.1. The van der Waals surface area contributed by atoms with Crippen molar-refractivity contribution >= 4 is 5.69 Å². The van der Waals surface area contributed by atoms with E-state index in [-0.39, 0.29) is 6.10 Å². The van der Waals surface area contributed by atoms with Crippen LogP contribution in [0.2, 0.25) is 0 Å². The molecule has 1 aliphatic rings. The molecule has 2 rings (SSSR count). The van der Waals surface area contributed by atoms with Crippen LogP contribution < -0.4 is 5.32 Å². The van der Waals surface area contributed by atoms with Crippen LogP contribution in [0, 0.1) is 11.3 Å². The van der Waals surface area contributed by atoms with E-state index in [1.807, 2.05) is 0 Å². The summed E-state index contributed by atoms with van der Waals surface area (Å²) in [6.07, 6.45) is -4.67. The van der Waals surface area contributed by atoms with Crippen molar-refractivity contribution < 1.29 is 22.6 Å². The molecule has 0 radical (unpaired) electrons. The average Bonchev–Trinajstić information content (AvgIpc) is 2.45. The van der Waals surface area contributed by atoms with Gasteiger partial charge in [-0.2, -0.15) is 18.4 Å². The quantitative estimate of drug-likeness (QED) is 0.927. The highest BCUT2D eigenvalue weighted by molar-refractivity contribution is 5.53. The predicted molar refractivity (Wildman–Crippen MR) is 65.2 cm³/mol. The van der Waals surface area contributed by atoms with Gasteiger partial charge >= 0.3 is 6.18 Å². The highest BCUT2D eigenvalue weighted by Gasteiger charge is 2.33. The van der Waals surface area contributed by atoms with Gasteiger partial charge in [-0.25, -0.2) is 0 Å². The molecular formula is C13H13F3N2O2. The molecule has 0 aliphatic carbocycles. The summed E-state index contributed by atoms with van der Waals surface area (Å²) in [5.74, 6) is 0. The lowest BCUT2D eigenvalue weighted by Gasteiger charge is -2.23. The first kappa shape index (κ1) is 14.6.